The first-order valence-electron chi connectivity index (χ1n) is 5.36. The second kappa shape index (κ2) is 5.21. The molecule has 0 aliphatic rings. The fourth-order valence-electron chi connectivity index (χ4n) is 1.57. The van der Waals surface area contributed by atoms with E-state index in [1.807, 2.05) is 0 Å². The van der Waals surface area contributed by atoms with Crippen molar-refractivity contribution in [2.24, 2.45) is 0 Å². The smallest absolute Gasteiger partial charge is 0.338 e. The lowest BCUT2D eigenvalue weighted by Crippen LogP contribution is -2.06. The maximum Gasteiger partial charge on any atom is 0.338 e. The van der Waals surface area contributed by atoms with E-state index < -0.39 is 10.9 Å². The van der Waals surface area contributed by atoms with Gasteiger partial charge in [0, 0.05) is 17.8 Å². The lowest BCUT2D eigenvalue weighted by molar-refractivity contribution is -0.384. The zero-order valence-corrected chi connectivity index (χ0v) is 9.70. The van der Waals surface area contributed by atoms with Crippen LogP contribution in [-0.4, -0.2) is 16.0 Å². The number of non-ortho nitro benzene ring substituents is 1. The van der Waals surface area contributed by atoms with Crippen LogP contribution in [0.3, 0.4) is 0 Å². The minimum Gasteiger partial charge on any atom is -0.478 e. The Bertz CT molecular complexity index is 607. The quantitative estimate of drug-likeness (QED) is 0.633. The summed E-state index contributed by atoms with van der Waals surface area (Å²) in [5.74, 6) is -0.597. The summed E-state index contributed by atoms with van der Waals surface area (Å²) in [5.41, 5.74) is -0.115. The molecule has 19 heavy (non-hydrogen) atoms. The molecule has 7 nitrogen and oxygen atoms in total. The van der Waals surface area contributed by atoms with Crippen LogP contribution in [0, 0.1) is 10.1 Å². The zero-order chi connectivity index (χ0) is 13.8. The standard InChI is InChI=1S/C12H10N2O5/c15-12(16)10-6-8(14(17)18)3-4-11(10)13-7-9-2-1-5-19-9/h1-6,13H,7H2,(H,15,16). The largest absolute Gasteiger partial charge is 0.478 e. The van der Waals surface area contributed by atoms with E-state index in [9.17, 15) is 14.9 Å². The van der Waals surface area contributed by atoms with Crippen LogP contribution in [-0.2, 0) is 6.54 Å². The molecule has 0 bridgehead atoms. The highest BCUT2D eigenvalue weighted by Gasteiger charge is 2.15. The molecular formula is C12H10N2O5. The monoisotopic (exact) mass is 262 g/mol. The second-order valence-corrected chi connectivity index (χ2v) is 3.73. The van der Waals surface area contributed by atoms with E-state index in [1.165, 1.54) is 18.4 Å². The summed E-state index contributed by atoms with van der Waals surface area (Å²) < 4.78 is 5.10. The predicted molar refractivity (Wildman–Crippen MR) is 66.1 cm³/mol. The van der Waals surface area contributed by atoms with Crippen molar-refractivity contribution >= 4 is 17.3 Å². The SMILES string of the molecule is O=C(O)c1cc([N+](=O)[O-])ccc1NCc1ccco1. The van der Waals surface area contributed by atoms with E-state index in [1.54, 1.807) is 12.1 Å². The number of nitrogens with one attached hydrogen (secondary N) is 1. The highest BCUT2D eigenvalue weighted by molar-refractivity contribution is 5.95. The summed E-state index contributed by atoms with van der Waals surface area (Å²) in [4.78, 5) is 21.0. The lowest BCUT2D eigenvalue weighted by Gasteiger charge is -2.07. The minimum absolute atomic E-state index is 0.152. The summed E-state index contributed by atoms with van der Waals surface area (Å²) in [7, 11) is 0. The molecule has 0 unspecified atom stereocenters. The Kier molecular flexibility index (Phi) is 3.46. The molecule has 1 heterocycles. The van der Waals surface area contributed by atoms with Gasteiger partial charge in [-0.25, -0.2) is 4.79 Å². The number of nitro groups is 1. The van der Waals surface area contributed by atoms with E-state index in [0.717, 1.165) is 6.07 Å². The Labute approximate surface area is 107 Å². The van der Waals surface area contributed by atoms with Crippen LogP contribution in [0.5, 0.6) is 0 Å². The average molecular weight is 262 g/mol. The molecule has 0 fully saturated rings. The summed E-state index contributed by atoms with van der Waals surface area (Å²) >= 11 is 0. The van der Waals surface area contributed by atoms with Crippen molar-refractivity contribution in [3.05, 3.63) is 58.0 Å². The summed E-state index contributed by atoms with van der Waals surface area (Å²) in [5, 5.41) is 22.5. The topological polar surface area (TPSA) is 106 Å². The number of nitrogens with zero attached hydrogens (tertiary/aromatic N) is 1. The Morgan fingerprint density at radius 3 is 2.79 bits per heavy atom. The molecule has 2 N–H and O–H groups in total. The van der Waals surface area contributed by atoms with E-state index in [4.69, 9.17) is 9.52 Å². The Morgan fingerprint density at radius 2 is 2.21 bits per heavy atom. The first-order valence-corrected chi connectivity index (χ1v) is 5.36. The molecule has 2 aromatic rings. The third kappa shape index (κ3) is 2.89. The van der Waals surface area contributed by atoms with Crippen molar-refractivity contribution in [1.82, 2.24) is 0 Å². The van der Waals surface area contributed by atoms with Crippen molar-refractivity contribution in [3.63, 3.8) is 0 Å². The molecule has 7 heteroatoms. The zero-order valence-electron chi connectivity index (χ0n) is 9.70. The lowest BCUT2D eigenvalue weighted by atomic mass is 10.1. The van der Waals surface area contributed by atoms with Crippen molar-refractivity contribution < 1.29 is 19.2 Å². The minimum atomic E-state index is -1.23. The van der Waals surface area contributed by atoms with Gasteiger partial charge in [0.2, 0.25) is 0 Å². The van der Waals surface area contributed by atoms with Gasteiger partial charge in [0.05, 0.1) is 23.3 Å². The molecule has 0 atom stereocenters. The number of nitro benzene ring substituents is 1. The highest BCUT2D eigenvalue weighted by Crippen LogP contribution is 2.22. The Hall–Kier alpha value is -2.83. The van der Waals surface area contributed by atoms with E-state index in [2.05, 4.69) is 5.32 Å². The summed E-state index contributed by atoms with van der Waals surface area (Å²) in [6, 6.07) is 7.08. The number of furan rings is 1. The normalized spacial score (nSPS) is 10.1. The fraction of sp³-hybridized carbons (Fsp3) is 0.0833. The molecule has 1 aromatic heterocycles. The van der Waals surface area contributed by atoms with Crippen LogP contribution in [0.4, 0.5) is 11.4 Å². The number of carboxylic acid groups (broad SMARTS) is 1. The van der Waals surface area contributed by atoms with Crippen LogP contribution >= 0.6 is 0 Å². The van der Waals surface area contributed by atoms with E-state index in [-0.39, 0.29) is 11.3 Å². The van der Waals surface area contributed by atoms with Crippen LogP contribution in [0.2, 0.25) is 0 Å². The van der Waals surface area contributed by atoms with Gasteiger partial charge < -0.3 is 14.8 Å². The van der Waals surface area contributed by atoms with Crippen molar-refractivity contribution in [1.29, 1.82) is 0 Å². The first kappa shape index (κ1) is 12.6. The first-order chi connectivity index (χ1) is 9.08. The maximum atomic E-state index is 11.1. The van der Waals surface area contributed by atoms with Gasteiger partial charge in [0.15, 0.2) is 0 Å². The average Bonchev–Trinajstić information content (AvgIpc) is 2.89. The molecule has 0 saturated heterocycles. The molecule has 0 radical (unpaired) electrons. The van der Waals surface area contributed by atoms with Gasteiger partial charge in [-0.2, -0.15) is 0 Å². The van der Waals surface area contributed by atoms with Gasteiger partial charge in [0.25, 0.3) is 5.69 Å². The number of anilines is 1. The van der Waals surface area contributed by atoms with Crippen LogP contribution < -0.4 is 5.32 Å². The molecule has 0 aliphatic heterocycles. The number of carbonyl (C=O) groups is 1. The van der Waals surface area contributed by atoms with Gasteiger partial charge in [-0.3, -0.25) is 10.1 Å². The van der Waals surface area contributed by atoms with Crippen LogP contribution in [0.25, 0.3) is 0 Å². The van der Waals surface area contributed by atoms with Crippen molar-refractivity contribution in [2.75, 3.05) is 5.32 Å². The number of carboxylic acids is 1. The van der Waals surface area contributed by atoms with Crippen LogP contribution in [0.15, 0.2) is 41.0 Å². The molecule has 0 spiro atoms. The fourth-order valence-corrected chi connectivity index (χ4v) is 1.57. The third-order valence-electron chi connectivity index (χ3n) is 2.48. The van der Waals surface area contributed by atoms with Gasteiger partial charge in [-0.05, 0) is 18.2 Å². The van der Waals surface area contributed by atoms with Gasteiger partial charge in [-0.15, -0.1) is 0 Å². The van der Waals surface area contributed by atoms with Gasteiger partial charge >= 0.3 is 5.97 Å². The van der Waals surface area contributed by atoms with E-state index >= 15 is 0 Å². The van der Waals surface area contributed by atoms with E-state index in [0.29, 0.717) is 18.0 Å². The number of hydrogen-bond donors (Lipinski definition) is 2. The predicted octanol–water partition coefficient (Wildman–Crippen LogP) is 2.50. The highest BCUT2D eigenvalue weighted by atomic mass is 16.6. The van der Waals surface area contributed by atoms with Crippen molar-refractivity contribution in [2.45, 2.75) is 6.54 Å². The summed E-state index contributed by atoms with van der Waals surface area (Å²) in [6.45, 7) is 0.297. The molecule has 0 amide bonds. The number of hydrogen-bond acceptors (Lipinski definition) is 5. The molecule has 0 aliphatic carbocycles. The maximum absolute atomic E-state index is 11.1. The van der Waals surface area contributed by atoms with Crippen LogP contribution in [0.1, 0.15) is 16.1 Å². The van der Waals surface area contributed by atoms with Crippen molar-refractivity contribution in [3.8, 4) is 0 Å². The second-order valence-electron chi connectivity index (χ2n) is 3.73. The Balaban J connectivity index is 2.24. The number of rotatable bonds is 5. The van der Waals surface area contributed by atoms with Gasteiger partial charge in [-0.1, -0.05) is 0 Å². The number of aromatic carboxylic acids is 1. The molecular weight excluding hydrogens is 252 g/mol. The molecule has 0 saturated carbocycles. The Morgan fingerprint density at radius 1 is 1.42 bits per heavy atom. The third-order valence-corrected chi connectivity index (χ3v) is 2.48. The van der Waals surface area contributed by atoms with Gasteiger partial charge in [0.1, 0.15) is 5.76 Å². The number of benzene rings is 1. The molecule has 98 valence electrons. The summed E-state index contributed by atoms with van der Waals surface area (Å²) in [6.07, 6.45) is 1.50. The molecule has 1 aromatic carbocycles. The molecule has 2 rings (SSSR count).